The maximum atomic E-state index is 2.72. The van der Waals surface area contributed by atoms with Crippen molar-refractivity contribution in [3.05, 3.63) is 0 Å². The van der Waals surface area contributed by atoms with E-state index in [1.54, 1.807) is 0 Å². The van der Waals surface area contributed by atoms with Crippen molar-refractivity contribution in [2.45, 2.75) is 25.6 Å². The Morgan fingerprint density at radius 2 is 2.17 bits per heavy atom. The summed E-state index contributed by atoms with van der Waals surface area (Å²) in [6, 6.07) is 0. The Hall–Kier alpha value is 0.532. The van der Waals surface area contributed by atoms with Crippen molar-refractivity contribution in [2.24, 2.45) is 5.92 Å². The summed E-state index contributed by atoms with van der Waals surface area (Å²) in [5.74, 6) is 0.877. The summed E-state index contributed by atoms with van der Waals surface area (Å²) < 4.78 is 0. The Balaban J connectivity index is 0. The SMILES string of the molecule is CC(C)C[CH2][Al].[HH]. The van der Waals surface area contributed by atoms with Crippen LogP contribution in [-0.2, 0) is 0 Å². The Labute approximate surface area is 49.8 Å². The molecule has 6 heavy (non-hydrogen) atoms. The molecule has 0 saturated carbocycles. The van der Waals surface area contributed by atoms with E-state index in [0.29, 0.717) is 0 Å². The van der Waals surface area contributed by atoms with Crippen molar-refractivity contribution < 1.29 is 1.43 Å². The van der Waals surface area contributed by atoms with E-state index in [9.17, 15) is 0 Å². The summed E-state index contributed by atoms with van der Waals surface area (Å²) >= 11 is 2.72. The van der Waals surface area contributed by atoms with Gasteiger partial charge in [0.2, 0.25) is 0 Å². The normalized spacial score (nSPS) is 9.83. The summed E-state index contributed by atoms with van der Waals surface area (Å²) in [7, 11) is 0. The highest BCUT2D eigenvalue weighted by molar-refractivity contribution is 6.08. The summed E-state index contributed by atoms with van der Waals surface area (Å²) in [6.45, 7) is 4.48. The minimum Gasteiger partial charge on any atom is -0.117 e. The summed E-state index contributed by atoms with van der Waals surface area (Å²) in [6.07, 6.45) is 1.34. The molecule has 1 heteroatoms. The highest BCUT2D eigenvalue weighted by Crippen LogP contribution is 1.99. The second kappa shape index (κ2) is 3.71. The van der Waals surface area contributed by atoms with Crippen LogP contribution in [0.1, 0.15) is 21.7 Å². The smallest absolute Gasteiger partial charge is 0.117 e. The highest BCUT2D eigenvalue weighted by atomic mass is 27.0. The quantitative estimate of drug-likeness (QED) is 0.465. The molecule has 0 spiro atoms. The topological polar surface area (TPSA) is 0 Å². The van der Waals surface area contributed by atoms with Gasteiger partial charge < -0.3 is 0 Å². The molecule has 0 aromatic heterocycles. The van der Waals surface area contributed by atoms with Gasteiger partial charge in [0.25, 0.3) is 0 Å². The van der Waals surface area contributed by atoms with Crippen molar-refractivity contribution in [2.75, 3.05) is 0 Å². The first kappa shape index (κ1) is 6.53. The van der Waals surface area contributed by atoms with Crippen LogP contribution in [0.25, 0.3) is 0 Å². The van der Waals surface area contributed by atoms with Gasteiger partial charge in [0.05, 0.1) is 0 Å². The Morgan fingerprint density at radius 3 is 2.17 bits per heavy atom. The Kier molecular flexibility index (Phi) is 4.04. The molecule has 0 rings (SSSR count). The van der Waals surface area contributed by atoms with Gasteiger partial charge in [-0.2, -0.15) is 0 Å². The van der Waals surface area contributed by atoms with E-state index in [0.717, 1.165) is 5.92 Å². The molecule has 0 heterocycles. The molecule has 0 saturated heterocycles. The van der Waals surface area contributed by atoms with Crippen LogP contribution in [0.4, 0.5) is 0 Å². The van der Waals surface area contributed by atoms with Crippen LogP contribution < -0.4 is 0 Å². The number of hydrogen-bond acceptors (Lipinski definition) is 0. The van der Waals surface area contributed by atoms with E-state index in [4.69, 9.17) is 0 Å². The van der Waals surface area contributed by atoms with Crippen LogP contribution in [0, 0.1) is 5.92 Å². The molecule has 0 aliphatic heterocycles. The zero-order valence-corrected chi connectivity index (χ0v) is 5.72. The fourth-order valence-electron chi connectivity index (χ4n) is 0.333. The highest BCUT2D eigenvalue weighted by Gasteiger charge is 1.85. The summed E-state index contributed by atoms with van der Waals surface area (Å²) in [5.41, 5.74) is 0. The Morgan fingerprint density at radius 1 is 1.67 bits per heavy atom. The first-order valence-electron chi connectivity index (χ1n) is 2.47. The lowest BCUT2D eigenvalue weighted by Crippen LogP contribution is -1.83. The van der Waals surface area contributed by atoms with E-state index < -0.39 is 0 Å². The van der Waals surface area contributed by atoms with Gasteiger partial charge in [0, 0.05) is 1.43 Å². The third-order valence-electron chi connectivity index (χ3n) is 0.744. The maximum absolute atomic E-state index is 2.72. The molecule has 0 atom stereocenters. The lowest BCUT2D eigenvalue weighted by Gasteiger charge is -1.96. The summed E-state index contributed by atoms with van der Waals surface area (Å²) in [5, 5.41) is 1.25. The second-order valence-electron chi connectivity index (χ2n) is 1.97. The third kappa shape index (κ3) is 4.53. The third-order valence-corrected chi connectivity index (χ3v) is 1.08. The minimum absolute atomic E-state index is 0. The lowest BCUT2D eigenvalue weighted by atomic mass is 10.2. The van der Waals surface area contributed by atoms with Gasteiger partial charge in [-0.25, -0.2) is 0 Å². The van der Waals surface area contributed by atoms with E-state index in [1.807, 2.05) is 0 Å². The second-order valence-corrected chi connectivity index (χ2v) is 2.55. The van der Waals surface area contributed by atoms with Crippen LogP contribution in [0.5, 0.6) is 0 Å². The predicted octanol–water partition coefficient (Wildman–Crippen LogP) is 1.87. The zero-order valence-electron chi connectivity index (χ0n) is 4.57. The van der Waals surface area contributed by atoms with Gasteiger partial charge in [-0.3, -0.25) is 0 Å². The molecule has 2 radical (unpaired) electrons. The van der Waals surface area contributed by atoms with Gasteiger partial charge in [-0.15, -0.1) is 5.28 Å². The van der Waals surface area contributed by atoms with Crippen LogP contribution in [0.15, 0.2) is 0 Å². The zero-order chi connectivity index (χ0) is 4.99. The fraction of sp³-hybridized carbons (Fsp3) is 1.00. The number of hydrogen-bond donors (Lipinski definition) is 0. The molecule has 0 aromatic carbocycles. The van der Waals surface area contributed by atoms with Crippen molar-refractivity contribution in [1.82, 2.24) is 0 Å². The molecule has 0 amide bonds. The summed E-state index contributed by atoms with van der Waals surface area (Å²) in [4.78, 5) is 0. The average Bonchev–Trinajstić information content (AvgIpc) is 1.35. The fourth-order valence-corrected chi connectivity index (χ4v) is 1.00. The minimum atomic E-state index is 0. The van der Waals surface area contributed by atoms with Crippen LogP contribution in [0.2, 0.25) is 5.28 Å². The van der Waals surface area contributed by atoms with Gasteiger partial charge in [-0.05, 0) is 5.92 Å². The molecule has 0 aliphatic carbocycles. The predicted molar refractivity (Wildman–Crippen MR) is 32.1 cm³/mol. The van der Waals surface area contributed by atoms with Crippen molar-refractivity contribution >= 4 is 16.3 Å². The van der Waals surface area contributed by atoms with Crippen molar-refractivity contribution in [1.29, 1.82) is 0 Å². The molecule has 0 fully saturated rings. The van der Waals surface area contributed by atoms with Gasteiger partial charge in [0.1, 0.15) is 16.3 Å². The lowest BCUT2D eigenvalue weighted by molar-refractivity contribution is 0.626. The number of rotatable bonds is 2. The van der Waals surface area contributed by atoms with E-state index >= 15 is 0 Å². The standard InChI is InChI=1S/C5H11.Al.H2/c1-4-5(2)3;;/h5H,1,4H2,2-3H3;;1H. The van der Waals surface area contributed by atoms with Crippen LogP contribution in [-0.4, -0.2) is 16.3 Å². The molecule has 0 aliphatic rings. The maximum Gasteiger partial charge on any atom is 0.118 e. The molecule has 0 aromatic rings. The first-order chi connectivity index (χ1) is 2.77. The van der Waals surface area contributed by atoms with Gasteiger partial charge in [0.15, 0.2) is 0 Å². The molecule has 0 bridgehead atoms. The molecular weight excluding hydrogens is 87.0 g/mol. The van der Waals surface area contributed by atoms with Crippen molar-refractivity contribution in [3.8, 4) is 0 Å². The van der Waals surface area contributed by atoms with E-state index in [1.165, 1.54) is 11.7 Å². The van der Waals surface area contributed by atoms with Crippen LogP contribution >= 0.6 is 0 Å². The van der Waals surface area contributed by atoms with Gasteiger partial charge >= 0.3 is 0 Å². The molecule has 0 nitrogen and oxygen atoms in total. The monoisotopic (exact) mass is 100 g/mol. The molecule has 0 unspecified atom stereocenters. The molecule has 0 N–H and O–H groups in total. The first-order valence-corrected chi connectivity index (χ1v) is 3.29. The molecular formula is C5H13Al. The molecule has 36 valence electrons. The van der Waals surface area contributed by atoms with Gasteiger partial charge in [-0.1, -0.05) is 20.3 Å². The van der Waals surface area contributed by atoms with E-state index in [-0.39, 0.29) is 1.43 Å². The largest absolute Gasteiger partial charge is 0.118 e. The van der Waals surface area contributed by atoms with Crippen molar-refractivity contribution in [3.63, 3.8) is 0 Å². The Bertz CT molecular complexity index is 29.3. The van der Waals surface area contributed by atoms with Crippen LogP contribution in [0.3, 0.4) is 0 Å². The average molecular weight is 100 g/mol. The van der Waals surface area contributed by atoms with E-state index in [2.05, 4.69) is 30.1 Å².